The van der Waals surface area contributed by atoms with Crippen LogP contribution in [0.15, 0.2) is 30.3 Å². The van der Waals surface area contributed by atoms with E-state index in [9.17, 15) is 14.7 Å². The lowest BCUT2D eigenvalue weighted by Crippen LogP contribution is -2.13. The number of carbonyl (C=O) groups excluding carboxylic acids is 2. The fourth-order valence-electron chi connectivity index (χ4n) is 1.42. The van der Waals surface area contributed by atoms with Crippen LogP contribution in [0.2, 0.25) is 9.36 Å². The predicted octanol–water partition coefficient (Wildman–Crippen LogP) is 3.80. The second-order valence-electron chi connectivity index (χ2n) is 3.76. The molecule has 0 atom stereocenters. The summed E-state index contributed by atoms with van der Waals surface area (Å²) in [4.78, 5) is 23.9. The maximum atomic E-state index is 11.7. The average molecular weight is 331 g/mol. The van der Waals surface area contributed by atoms with Crippen molar-refractivity contribution in [2.24, 2.45) is 0 Å². The van der Waals surface area contributed by atoms with E-state index >= 15 is 0 Å². The number of ether oxygens (including phenoxy) is 1. The molecule has 0 bridgehead atoms. The number of ketones is 1. The van der Waals surface area contributed by atoms with Gasteiger partial charge in [-0.25, -0.2) is 4.79 Å². The summed E-state index contributed by atoms with van der Waals surface area (Å²) in [5.74, 6) is -1.44. The fourth-order valence-corrected chi connectivity index (χ4v) is 2.56. The summed E-state index contributed by atoms with van der Waals surface area (Å²) in [6, 6.07) is 7.13. The third kappa shape index (κ3) is 3.50. The molecular formula is C13H8Cl2O4S. The minimum atomic E-state index is -0.819. The molecule has 104 valence electrons. The molecule has 1 N–H and O–H groups in total. The van der Waals surface area contributed by atoms with Gasteiger partial charge in [0.05, 0.1) is 9.21 Å². The Hall–Kier alpha value is -1.56. The molecule has 0 amide bonds. The minimum Gasteiger partial charge on any atom is -0.507 e. The maximum Gasteiger partial charge on any atom is 0.342 e. The third-order valence-corrected chi connectivity index (χ3v) is 3.87. The highest BCUT2D eigenvalue weighted by molar-refractivity contribution is 7.18. The Morgan fingerprint density at radius 2 is 1.95 bits per heavy atom. The maximum absolute atomic E-state index is 11.7. The van der Waals surface area contributed by atoms with Gasteiger partial charge in [-0.1, -0.05) is 23.2 Å². The summed E-state index contributed by atoms with van der Waals surface area (Å²) in [5, 5.41) is 9.81. The number of rotatable bonds is 4. The topological polar surface area (TPSA) is 63.6 Å². The first-order valence-corrected chi connectivity index (χ1v) is 6.99. The first kappa shape index (κ1) is 14.8. The normalized spacial score (nSPS) is 10.3. The number of thiophene rings is 1. The molecule has 0 saturated carbocycles. The Labute approximate surface area is 128 Å². The van der Waals surface area contributed by atoms with Crippen LogP contribution in [0, 0.1) is 0 Å². The molecule has 0 aliphatic rings. The van der Waals surface area contributed by atoms with Crippen molar-refractivity contribution in [2.75, 3.05) is 6.61 Å². The molecule has 0 spiro atoms. The highest BCUT2D eigenvalue weighted by atomic mass is 35.5. The Balaban J connectivity index is 2.02. The zero-order valence-electron chi connectivity index (χ0n) is 9.93. The van der Waals surface area contributed by atoms with Gasteiger partial charge in [-0.05, 0) is 30.3 Å². The van der Waals surface area contributed by atoms with E-state index in [-0.39, 0.29) is 22.1 Å². The number of esters is 1. The molecule has 0 aliphatic carbocycles. The van der Waals surface area contributed by atoms with E-state index in [0.29, 0.717) is 9.21 Å². The molecule has 0 saturated heterocycles. The van der Waals surface area contributed by atoms with Gasteiger partial charge in [0.1, 0.15) is 11.3 Å². The molecule has 0 aliphatic heterocycles. The smallest absolute Gasteiger partial charge is 0.342 e. The average Bonchev–Trinajstić information content (AvgIpc) is 2.85. The van der Waals surface area contributed by atoms with E-state index < -0.39 is 12.6 Å². The molecule has 0 fully saturated rings. The standard InChI is InChI=1S/C13H8Cl2O4S/c14-7-1-2-9(16)8(5-7)13(18)19-6-10(17)11-3-4-12(15)20-11/h1-5,16H,6H2. The molecule has 2 rings (SSSR count). The summed E-state index contributed by atoms with van der Waals surface area (Å²) in [5.41, 5.74) is -0.0884. The number of carbonyl (C=O) groups is 2. The Morgan fingerprint density at radius 1 is 1.20 bits per heavy atom. The summed E-state index contributed by atoms with van der Waals surface area (Å²) < 4.78 is 5.32. The van der Waals surface area contributed by atoms with Crippen molar-refractivity contribution in [3.05, 3.63) is 50.1 Å². The van der Waals surface area contributed by atoms with Gasteiger partial charge in [-0.2, -0.15) is 0 Å². The van der Waals surface area contributed by atoms with E-state index in [2.05, 4.69) is 0 Å². The van der Waals surface area contributed by atoms with Gasteiger partial charge in [-0.3, -0.25) is 4.79 Å². The summed E-state index contributed by atoms with van der Waals surface area (Å²) in [6.45, 7) is -0.429. The zero-order chi connectivity index (χ0) is 14.7. The number of benzene rings is 1. The van der Waals surface area contributed by atoms with Crippen LogP contribution >= 0.6 is 34.5 Å². The van der Waals surface area contributed by atoms with E-state index in [0.717, 1.165) is 11.3 Å². The lowest BCUT2D eigenvalue weighted by molar-refractivity contribution is 0.0473. The molecule has 1 aromatic heterocycles. The molecule has 0 unspecified atom stereocenters. The second kappa shape index (κ2) is 6.26. The van der Waals surface area contributed by atoms with Crippen molar-refractivity contribution >= 4 is 46.3 Å². The van der Waals surface area contributed by atoms with E-state index in [4.69, 9.17) is 27.9 Å². The largest absolute Gasteiger partial charge is 0.507 e. The van der Waals surface area contributed by atoms with Crippen LogP contribution in [0.4, 0.5) is 0 Å². The number of Topliss-reactive ketones (excluding diaryl/α,β-unsaturated/α-hetero) is 1. The first-order valence-electron chi connectivity index (χ1n) is 5.41. The van der Waals surface area contributed by atoms with Crippen molar-refractivity contribution in [1.29, 1.82) is 0 Å². The van der Waals surface area contributed by atoms with Gasteiger partial charge in [0.25, 0.3) is 0 Å². The lowest BCUT2D eigenvalue weighted by Gasteiger charge is -2.05. The van der Waals surface area contributed by atoms with Gasteiger partial charge >= 0.3 is 5.97 Å². The van der Waals surface area contributed by atoms with Crippen molar-refractivity contribution in [3.63, 3.8) is 0 Å². The molecular weight excluding hydrogens is 323 g/mol. The van der Waals surface area contributed by atoms with Crippen molar-refractivity contribution in [3.8, 4) is 5.75 Å². The van der Waals surface area contributed by atoms with Crippen LogP contribution < -0.4 is 0 Å². The summed E-state index contributed by atoms with van der Waals surface area (Å²) in [6.07, 6.45) is 0. The number of phenols is 1. The van der Waals surface area contributed by atoms with Crippen LogP contribution in [-0.4, -0.2) is 23.5 Å². The van der Waals surface area contributed by atoms with Crippen LogP contribution in [-0.2, 0) is 4.74 Å². The quantitative estimate of drug-likeness (QED) is 0.684. The molecule has 4 nitrogen and oxygen atoms in total. The SMILES string of the molecule is O=C(COC(=O)c1cc(Cl)ccc1O)c1ccc(Cl)s1. The van der Waals surface area contributed by atoms with Crippen LogP contribution in [0.25, 0.3) is 0 Å². The minimum absolute atomic E-state index is 0.0884. The number of aromatic hydroxyl groups is 1. The second-order valence-corrected chi connectivity index (χ2v) is 5.92. The highest BCUT2D eigenvalue weighted by Crippen LogP contribution is 2.23. The number of phenolic OH excluding ortho intramolecular Hbond substituents is 1. The molecule has 7 heteroatoms. The number of hydrogen-bond donors (Lipinski definition) is 1. The Morgan fingerprint density at radius 3 is 2.60 bits per heavy atom. The van der Waals surface area contributed by atoms with Crippen LogP contribution in [0.5, 0.6) is 5.75 Å². The molecule has 1 aromatic carbocycles. The highest BCUT2D eigenvalue weighted by Gasteiger charge is 2.16. The molecule has 2 aromatic rings. The van der Waals surface area contributed by atoms with Crippen molar-refractivity contribution < 1.29 is 19.4 Å². The lowest BCUT2D eigenvalue weighted by atomic mass is 10.2. The van der Waals surface area contributed by atoms with Gasteiger partial charge in [0.2, 0.25) is 5.78 Å². The predicted molar refractivity (Wildman–Crippen MR) is 77.1 cm³/mol. The fraction of sp³-hybridized carbons (Fsp3) is 0.0769. The van der Waals surface area contributed by atoms with Gasteiger partial charge in [-0.15, -0.1) is 11.3 Å². The summed E-state index contributed by atoms with van der Waals surface area (Å²) >= 11 is 12.5. The van der Waals surface area contributed by atoms with Crippen LogP contribution in [0.3, 0.4) is 0 Å². The van der Waals surface area contributed by atoms with Gasteiger partial charge in [0, 0.05) is 5.02 Å². The van der Waals surface area contributed by atoms with Crippen molar-refractivity contribution in [2.45, 2.75) is 0 Å². The number of halogens is 2. The zero-order valence-corrected chi connectivity index (χ0v) is 12.3. The molecule has 0 radical (unpaired) electrons. The molecule has 20 heavy (non-hydrogen) atoms. The van der Waals surface area contributed by atoms with Gasteiger partial charge in [0.15, 0.2) is 6.61 Å². The van der Waals surface area contributed by atoms with E-state index in [1.54, 1.807) is 12.1 Å². The Bertz CT molecular complexity index is 666. The Kier molecular flexibility index (Phi) is 4.65. The molecule has 1 heterocycles. The first-order chi connectivity index (χ1) is 9.47. The van der Waals surface area contributed by atoms with E-state index in [1.165, 1.54) is 18.2 Å². The third-order valence-electron chi connectivity index (χ3n) is 2.36. The monoisotopic (exact) mass is 330 g/mol. The van der Waals surface area contributed by atoms with Gasteiger partial charge < -0.3 is 9.84 Å². The van der Waals surface area contributed by atoms with E-state index in [1.807, 2.05) is 0 Å². The van der Waals surface area contributed by atoms with Crippen molar-refractivity contribution in [1.82, 2.24) is 0 Å². The summed E-state index contributed by atoms with van der Waals surface area (Å²) in [7, 11) is 0. The van der Waals surface area contributed by atoms with Crippen LogP contribution in [0.1, 0.15) is 20.0 Å². The number of hydrogen-bond acceptors (Lipinski definition) is 5.